The van der Waals surface area contributed by atoms with Crippen molar-refractivity contribution in [1.29, 1.82) is 0 Å². The summed E-state index contributed by atoms with van der Waals surface area (Å²) in [6, 6.07) is 7.11. The first-order valence-corrected chi connectivity index (χ1v) is 12.8. The van der Waals surface area contributed by atoms with Gasteiger partial charge in [0.2, 0.25) is 0 Å². The quantitative estimate of drug-likeness (QED) is 0.312. The van der Waals surface area contributed by atoms with Gasteiger partial charge in [-0.3, -0.25) is 9.67 Å². The Bertz CT molecular complexity index is 1670. The first-order chi connectivity index (χ1) is 17.9. The van der Waals surface area contributed by atoms with Gasteiger partial charge in [0, 0.05) is 23.8 Å². The van der Waals surface area contributed by atoms with Crippen LogP contribution in [0.15, 0.2) is 42.9 Å². The van der Waals surface area contributed by atoms with E-state index in [-0.39, 0.29) is 16.3 Å². The molecule has 4 heterocycles. The molecule has 1 aliphatic heterocycles. The third-order valence-electron chi connectivity index (χ3n) is 7.83. The van der Waals surface area contributed by atoms with Crippen LogP contribution in [0.1, 0.15) is 37.5 Å². The molecule has 7 rings (SSSR count). The third-order valence-corrected chi connectivity index (χ3v) is 8.20. The summed E-state index contributed by atoms with van der Waals surface area (Å²) in [5.41, 5.74) is 3.86. The second-order valence-electron chi connectivity index (χ2n) is 10.2. The fourth-order valence-corrected chi connectivity index (χ4v) is 5.73. The predicted molar refractivity (Wildman–Crippen MR) is 139 cm³/mol. The van der Waals surface area contributed by atoms with Crippen LogP contribution in [0.5, 0.6) is 11.5 Å². The van der Waals surface area contributed by atoms with E-state index in [0.29, 0.717) is 45.4 Å². The molecule has 0 amide bonds. The molecule has 1 N–H and O–H groups in total. The topological polar surface area (TPSA) is 84.8 Å². The molecule has 1 spiro atoms. The molecule has 2 fully saturated rings. The molecule has 1 saturated heterocycles. The number of halogens is 2. The highest BCUT2D eigenvalue weighted by molar-refractivity contribution is 6.36. The van der Waals surface area contributed by atoms with Crippen LogP contribution in [0, 0.1) is 12.7 Å². The lowest BCUT2D eigenvalue weighted by Crippen LogP contribution is -2.42. The maximum Gasteiger partial charge on any atom is 0.193 e. The lowest BCUT2D eigenvalue weighted by molar-refractivity contribution is 0.121. The van der Waals surface area contributed by atoms with Gasteiger partial charge in [0.05, 0.1) is 35.2 Å². The van der Waals surface area contributed by atoms with Gasteiger partial charge >= 0.3 is 0 Å². The van der Waals surface area contributed by atoms with Gasteiger partial charge in [0.25, 0.3) is 0 Å². The van der Waals surface area contributed by atoms with Crippen LogP contribution in [0.25, 0.3) is 33.3 Å². The molecular weight excluding hydrogens is 493 g/mol. The fourth-order valence-electron chi connectivity index (χ4n) is 5.49. The van der Waals surface area contributed by atoms with Gasteiger partial charge in [-0.1, -0.05) is 11.6 Å². The van der Waals surface area contributed by atoms with Crippen molar-refractivity contribution in [2.45, 2.75) is 44.2 Å². The number of rotatable bonds is 4. The summed E-state index contributed by atoms with van der Waals surface area (Å²) in [6.45, 7) is 2.86. The van der Waals surface area contributed by atoms with E-state index in [4.69, 9.17) is 21.3 Å². The molecule has 37 heavy (non-hydrogen) atoms. The number of nitrogens with one attached hydrogen (secondary N) is 1. The molecule has 3 aromatic heterocycles. The van der Waals surface area contributed by atoms with Crippen LogP contribution in [0.2, 0.25) is 5.02 Å². The summed E-state index contributed by atoms with van der Waals surface area (Å²) in [7, 11) is 2.23. The zero-order valence-corrected chi connectivity index (χ0v) is 21.3. The molecular formula is C27H25ClFN7O. The standard InChI is InChI=1S/C27H25ClFN7O/c1-15-32-19-4-6-22(24(29)26(19)33-15)37-21-5-3-18-25(23(21)28)34-20(13-30-18)16-12-31-36(14-16)17-7-10-35(2)27(11-17)8-9-27/h3-6,12-14,17H,7-11H2,1-2H3,(H,32,33). The molecule has 1 atom stereocenters. The highest BCUT2D eigenvalue weighted by Crippen LogP contribution is 2.50. The smallest absolute Gasteiger partial charge is 0.193 e. The number of H-pyrrole nitrogens is 1. The highest BCUT2D eigenvalue weighted by Gasteiger charge is 2.50. The molecule has 10 heteroatoms. The Hall–Kier alpha value is -3.56. The maximum absolute atomic E-state index is 15.0. The van der Waals surface area contributed by atoms with Gasteiger partial charge in [-0.2, -0.15) is 5.10 Å². The number of imidazole rings is 1. The van der Waals surface area contributed by atoms with Crippen molar-refractivity contribution in [3.05, 3.63) is 59.5 Å². The number of piperidine rings is 1. The summed E-state index contributed by atoms with van der Waals surface area (Å²) < 4.78 is 23.0. The van der Waals surface area contributed by atoms with Crippen LogP contribution in [0.4, 0.5) is 4.39 Å². The number of nitrogens with zero attached hydrogens (tertiary/aromatic N) is 6. The van der Waals surface area contributed by atoms with E-state index >= 15 is 4.39 Å². The number of fused-ring (bicyclic) bond motifs is 2. The van der Waals surface area contributed by atoms with Crippen LogP contribution >= 0.6 is 11.6 Å². The number of hydrogen-bond acceptors (Lipinski definition) is 6. The van der Waals surface area contributed by atoms with Crippen molar-refractivity contribution >= 4 is 33.7 Å². The van der Waals surface area contributed by atoms with Gasteiger partial charge < -0.3 is 14.6 Å². The molecule has 1 aliphatic carbocycles. The fraction of sp³-hybridized carbons (Fsp3) is 0.333. The average molecular weight is 518 g/mol. The minimum Gasteiger partial charge on any atom is -0.453 e. The number of aryl methyl sites for hydroxylation is 1. The summed E-state index contributed by atoms with van der Waals surface area (Å²) >= 11 is 6.71. The second kappa shape index (κ2) is 8.22. The van der Waals surface area contributed by atoms with Crippen molar-refractivity contribution in [2.75, 3.05) is 13.6 Å². The lowest BCUT2D eigenvalue weighted by Gasteiger charge is -2.37. The molecule has 2 aliphatic rings. The van der Waals surface area contributed by atoms with Crippen LogP contribution in [0.3, 0.4) is 0 Å². The Morgan fingerprint density at radius 1 is 1.11 bits per heavy atom. The van der Waals surface area contributed by atoms with E-state index in [0.717, 1.165) is 24.9 Å². The van der Waals surface area contributed by atoms with Crippen LogP contribution in [-0.2, 0) is 0 Å². The zero-order chi connectivity index (χ0) is 25.3. The number of ether oxygens (including phenoxy) is 1. The van der Waals surface area contributed by atoms with E-state index in [2.05, 4.69) is 36.7 Å². The summed E-state index contributed by atoms with van der Waals surface area (Å²) in [6.07, 6.45) is 10.4. The van der Waals surface area contributed by atoms with Crippen LogP contribution < -0.4 is 4.74 Å². The molecule has 0 bridgehead atoms. The minimum absolute atomic E-state index is 0.0391. The first-order valence-electron chi connectivity index (χ1n) is 12.4. The van der Waals surface area contributed by atoms with E-state index in [1.54, 1.807) is 37.4 Å². The van der Waals surface area contributed by atoms with E-state index in [1.807, 2.05) is 12.4 Å². The number of aromatic nitrogens is 6. The van der Waals surface area contributed by atoms with Gasteiger partial charge in [0.15, 0.2) is 11.6 Å². The predicted octanol–water partition coefficient (Wildman–Crippen LogP) is 6.06. The van der Waals surface area contributed by atoms with E-state index in [9.17, 15) is 0 Å². The second-order valence-corrected chi connectivity index (χ2v) is 10.6. The molecule has 188 valence electrons. The van der Waals surface area contributed by atoms with E-state index < -0.39 is 5.82 Å². The number of likely N-dealkylation sites (tertiary alicyclic amines) is 1. The van der Waals surface area contributed by atoms with Crippen molar-refractivity contribution in [3.63, 3.8) is 0 Å². The van der Waals surface area contributed by atoms with Gasteiger partial charge in [-0.05, 0) is 63.9 Å². The minimum atomic E-state index is -0.549. The zero-order valence-electron chi connectivity index (χ0n) is 20.5. The van der Waals surface area contributed by atoms with Crippen LogP contribution in [-0.4, -0.2) is 53.7 Å². The number of hydrogen-bond donors (Lipinski definition) is 1. The largest absolute Gasteiger partial charge is 0.453 e. The third kappa shape index (κ3) is 3.76. The number of aromatic amines is 1. The lowest BCUT2D eigenvalue weighted by atomic mass is 9.96. The molecule has 5 aromatic rings. The molecule has 8 nitrogen and oxygen atoms in total. The van der Waals surface area contributed by atoms with Gasteiger partial charge in [-0.25, -0.2) is 14.4 Å². The maximum atomic E-state index is 15.0. The van der Waals surface area contributed by atoms with Gasteiger partial charge in [-0.15, -0.1) is 0 Å². The van der Waals surface area contributed by atoms with Gasteiger partial charge in [0.1, 0.15) is 27.6 Å². The Kier molecular flexibility index (Phi) is 5.03. The molecule has 1 saturated carbocycles. The summed E-state index contributed by atoms with van der Waals surface area (Å²) in [5.74, 6) is 0.413. The average Bonchev–Trinajstić information content (AvgIpc) is 3.31. The van der Waals surface area contributed by atoms with Crippen molar-refractivity contribution in [2.24, 2.45) is 0 Å². The first kappa shape index (κ1) is 22.6. The normalized spacial score (nSPS) is 19.2. The Balaban J connectivity index is 1.19. The molecule has 0 radical (unpaired) electrons. The summed E-state index contributed by atoms with van der Waals surface area (Å²) in [5, 5.41) is 4.94. The monoisotopic (exact) mass is 517 g/mol. The Labute approximate surface area is 217 Å². The summed E-state index contributed by atoms with van der Waals surface area (Å²) in [4.78, 5) is 19.1. The molecule has 2 aromatic carbocycles. The van der Waals surface area contributed by atoms with Crippen molar-refractivity contribution < 1.29 is 9.13 Å². The Morgan fingerprint density at radius 3 is 2.78 bits per heavy atom. The Morgan fingerprint density at radius 2 is 1.95 bits per heavy atom. The van der Waals surface area contributed by atoms with E-state index in [1.165, 1.54) is 12.8 Å². The van der Waals surface area contributed by atoms with Crippen molar-refractivity contribution in [1.82, 2.24) is 34.6 Å². The SMILES string of the molecule is Cc1nc2c(F)c(Oc3ccc4ncc(-c5cnn(C6CCN(C)C7(CC7)C6)c5)nc4c3Cl)ccc2[nH]1. The highest BCUT2D eigenvalue weighted by atomic mass is 35.5. The van der Waals surface area contributed by atoms with Crippen molar-refractivity contribution in [3.8, 4) is 22.8 Å². The molecule has 1 unspecified atom stereocenters. The number of benzene rings is 2.